The van der Waals surface area contributed by atoms with Crippen LogP contribution in [0.3, 0.4) is 0 Å². The normalized spacial score (nSPS) is 14.0. The van der Waals surface area contributed by atoms with Gasteiger partial charge in [-0.3, -0.25) is 0 Å². The van der Waals surface area contributed by atoms with Crippen molar-refractivity contribution < 1.29 is 23.7 Å². The summed E-state index contributed by atoms with van der Waals surface area (Å²) in [6, 6.07) is 26.0. The molecular formula is C34H24Cl2N2O5S. The average molecular weight is 644 g/mol. The molecule has 6 rings (SSSR count). The Kier molecular flexibility index (Phi) is 8.11. The maximum atomic E-state index is 13.1. The Morgan fingerprint density at radius 3 is 2.57 bits per heavy atom. The molecule has 10 heteroatoms. The summed E-state index contributed by atoms with van der Waals surface area (Å²) >= 11 is 14.0. The van der Waals surface area contributed by atoms with Gasteiger partial charge in [0, 0.05) is 21.7 Å². The molecule has 7 nitrogen and oxygen atoms in total. The van der Waals surface area contributed by atoms with E-state index in [1.165, 1.54) is 16.9 Å². The summed E-state index contributed by atoms with van der Waals surface area (Å²) in [5.41, 5.74) is 10.1. The van der Waals surface area contributed by atoms with Crippen LogP contribution >= 0.6 is 34.5 Å². The van der Waals surface area contributed by atoms with Gasteiger partial charge >= 0.3 is 5.97 Å². The maximum Gasteiger partial charge on any atom is 0.355 e. The number of carbonyl (C=O) groups is 1. The van der Waals surface area contributed by atoms with E-state index in [9.17, 15) is 10.1 Å². The first-order valence-electron chi connectivity index (χ1n) is 13.4. The fraction of sp³-hybridized carbons (Fsp3) is 0.118. The SMILES string of the molecule is COc1cc(C2C(C#N)=C(N)Oc3cc(OC(=O)c4sc5cccc(Cl)c5c4Cl)ccc32)ccc1OCc1ccc(C)cc1. The molecule has 0 aliphatic carbocycles. The van der Waals surface area contributed by atoms with Crippen molar-refractivity contribution in [1.29, 1.82) is 5.26 Å². The lowest BCUT2D eigenvalue weighted by Crippen LogP contribution is -2.21. The van der Waals surface area contributed by atoms with Crippen LogP contribution in [-0.2, 0) is 6.61 Å². The first kappa shape index (κ1) is 29.4. The van der Waals surface area contributed by atoms with E-state index in [1.807, 2.05) is 49.4 Å². The summed E-state index contributed by atoms with van der Waals surface area (Å²) in [5, 5.41) is 11.3. The largest absolute Gasteiger partial charge is 0.493 e. The van der Waals surface area contributed by atoms with Crippen LogP contribution in [-0.4, -0.2) is 13.1 Å². The quantitative estimate of drug-likeness (QED) is 0.140. The number of hydrogen-bond acceptors (Lipinski definition) is 8. The van der Waals surface area contributed by atoms with E-state index in [0.717, 1.165) is 15.8 Å². The lowest BCUT2D eigenvalue weighted by atomic mass is 9.83. The number of rotatable bonds is 7. The number of esters is 1. The summed E-state index contributed by atoms with van der Waals surface area (Å²) in [6.07, 6.45) is 0. The van der Waals surface area contributed by atoms with Gasteiger partial charge in [-0.25, -0.2) is 4.79 Å². The lowest BCUT2D eigenvalue weighted by Gasteiger charge is -2.27. The smallest absolute Gasteiger partial charge is 0.355 e. The van der Waals surface area contributed by atoms with Crippen molar-refractivity contribution in [3.8, 4) is 29.1 Å². The van der Waals surface area contributed by atoms with Gasteiger partial charge in [-0.2, -0.15) is 5.26 Å². The van der Waals surface area contributed by atoms with Crippen LogP contribution in [0.1, 0.15) is 37.8 Å². The Bertz CT molecular complexity index is 2000. The lowest BCUT2D eigenvalue weighted by molar-refractivity contribution is 0.0740. The molecule has 0 fully saturated rings. The van der Waals surface area contributed by atoms with Crippen molar-refractivity contribution in [1.82, 2.24) is 0 Å². The second kappa shape index (κ2) is 12.1. The first-order chi connectivity index (χ1) is 21.3. The molecule has 1 aliphatic rings. The number of methoxy groups -OCH3 is 1. The molecule has 2 heterocycles. The monoisotopic (exact) mass is 642 g/mol. The van der Waals surface area contributed by atoms with E-state index in [4.69, 9.17) is 47.9 Å². The number of ether oxygens (including phenoxy) is 4. The van der Waals surface area contributed by atoms with Gasteiger partial charge in [0.25, 0.3) is 0 Å². The zero-order chi connectivity index (χ0) is 31.0. The van der Waals surface area contributed by atoms with Crippen LogP contribution in [0.4, 0.5) is 0 Å². The van der Waals surface area contributed by atoms with Crippen LogP contribution in [0, 0.1) is 18.3 Å². The summed E-state index contributed by atoms with van der Waals surface area (Å²) < 4.78 is 24.0. The number of fused-ring (bicyclic) bond motifs is 2. The predicted octanol–water partition coefficient (Wildman–Crippen LogP) is 8.54. The fourth-order valence-corrected chi connectivity index (χ4v) is 6.85. The second-order valence-electron chi connectivity index (χ2n) is 10.1. The Balaban J connectivity index is 1.28. The maximum absolute atomic E-state index is 13.1. The average Bonchev–Trinajstić information content (AvgIpc) is 3.37. The van der Waals surface area contributed by atoms with E-state index < -0.39 is 11.9 Å². The Labute approximate surface area is 267 Å². The zero-order valence-corrected chi connectivity index (χ0v) is 25.8. The standard InChI is InChI=1S/C34H24Cl2N2O5S/c1-18-6-8-19(9-7-18)17-41-25-13-10-20(14-27(25)40-2)29-22-12-11-21(15-26(22)43-33(38)23(29)16-37)42-34(39)32-31(36)30-24(35)4-3-5-28(30)44-32/h3-15,29H,17,38H2,1-2H3. The molecule has 0 radical (unpaired) electrons. The number of nitrogens with two attached hydrogens (primary N) is 1. The van der Waals surface area contributed by atoms with Gasteiger partial charge in [-0.05, 0) is 48.4 Å². The van der Waals surface area contributed by atoms with E-state index >= 15 is 0 Å². The van der Waals surface area contributed by atoms with Crippen LogP contribution in [0.25, 0.3) is 10.1 Å². The molecule has 0 saturated heterocycles. The first-order valence-corrected chi connectivity index (χ1v) is 15.0. The van der Waals surface area contributed by atoms with Crippen LogP contribution in [0.5, 0.6) is 23.0 Å². The molecule has 5 aromatic rings. The predicted molar refractivity (Wildman–Crippen MR) is 171 cm³/mol. The number of benzene rings is 4. The summed E-state index contributed by atoms with van der Waals surface area (Å²) in [4.78, 5) is 13.3. The molecule has 0 saturated carbocycles. The van der Waals surface area contributed by atoms with Gasteiger partial charge in [0.2, 0.25) is 5.88 Å². The van der Waals surface area contributed by atoms with E-state index in [1.54, 1.807) is 43.5 Å². The number of nitrogens with zero attached hydrogens (tertiary/aromatic N) is 1. The number of allylic oxidation sites excluding steroid dienone is 1. The number of thiophene rings is 1. The van der Waals surface area contributed by atoms with Crippen molar-refractivity contribution in [2.75, 3.05) is 7.11 Å². The minimum absolute atomic E-state index is 0.0469. The molecule has 0 amide bonds. The summed E-state index contributed by atoms with van der Waals surface area (Å²) in [7, 11) is 1.56. The highest BCUT2D eigenvalue weighted by Gasteiger charge is 2.32. The molecule has 2 N–H and O–H groups in total. The van der Waals surface area contributed by atoms with Crippen LogP contribution < -0.4 is 24.7 Å². The number of hydrogen-bond donors (Lipinski definition) is 1. The molecule has 1 aromatic heterocycles. The van der Waals surface area contributed by atoms with Crippen LogP contribution in [0.15, 0.2) is 90.3 Å². The van der Waals surface area contributed by atoms with Crippen molar-refractivity contribution in [3.63, 3.8) is 0 Å². The highest BCUT2D eigenvalue weighted by molar-refractivity contribution is 7.21. The van der Waals surface area contributed by atoms with Gasteiger partial charge in [-0.15, -0.1) is 11.3 Å². The van der Waals surface area contributed by atoms with Gasteiger partial charge in [0.1, 0.15) is 34.6 Å². The molecule has 0 bridgehead atoms. The third-order valence-electron chi connectivity index (χ3n) is 7.23. The van der Waals surface area contributed by atoms with Crippen molar-refractivity contribution in [3.05, 3.63) is 127 Å². The van der Waals surface area contributed by atoms with Gasteiger partial charge in [0.15, 0.2) is 11.5 Å². The van der Waals surface area contributed by atoms with Crippen molar-refractivity contribution >= 4 is 50.6 Å². The van der Waals surface area contributed by atoms with Gasteiger partial charge in [0.05, 0.1) is 23.1 Å². The summed E-state index contributed by atoms with van der Waals surface area (Å²) in [6.45, 7) is 2.40. The Morgan fingerprint density at radius 2 is 1.84 bits per heavy atom. The van der Waals surface area contributed by atoms with E-state index in [2.05, 4.69) is 6.07 Å². The van der Waals surface area contributed by atoms with Crippen molar-refractivity contribution in [2.24, 2.45) is 5.73 Å². The second-order valence-corrected chi connectivity index (χ2v) is 11.9. The molecule has 220 valence electrons. The van der Waals surface area contributed by atoms with Crippen LogP contribution in [0.2, 0.25) is 10.0 Å². The molecule has 1 atom stereocenters. The number of nitriles is 1. The summed E-state index contributed by atoms with van der Waals surface area (Å²) in [5.74, 6) is 0.389. The zero-order valence-electron chi connectivity index (χ0n) is 23.5. The molecule has 0 spiro atoms. The van der Waals surface area contributed by atoms with E-state index in [0.29, 0.717) is 39.8 Å². The molecule has 1 unspecified atom stereocenters. The minimum atomic E-state index is -0.633. The molecule has 4 aromatic carbocycles. The Hall–Kier alpha value is -4.68. The fourth-order valence-electron chi connectivity index (χ4n) is 5.03. The Morgan fingerprint density at radius 1 is 1.05 bits per heavy atom. The molecular weight excluding hydrogens is 619 g/mol. The molecule has 44 heavy (non-hydrogen) atoms. The highest BCUT2D eigenvalue weighted by Crippen LogP contribution is 2.46. The van der Waals surface area contributed by atoms with E-state index in [-0.39, 0.29) is 27.1 Å². The number of aryl methyl sites for hydroxylation is 1. The molecule has 1 aliphatic heterocycles. The minimum Gasteiger partial charge on any atom is -0.493 e. The third-order valence-corrected chi connectivity index (χ3v) is 9.17. The topological polar surface area (TPSA) is 104 Å². The third kappa shape index (κ3) is 5.53. The van der Waals surface area contributed by atoms with Gasteiger partial charge < -0.3 is 24.7 Å². The number of halogens is 2. The highest BCUT2D eigenvalue weighted by atomic mass is 35.5. The number of carbonyl (C=O) groups excluding carboxylic acids is 1. The van der Waals surface area contributed by atoms with Gasteiger partial charge in [-0.1, -0.05) is 71.2 Å². The van der Waals surface area contributed by atoms with Crippen molar-refractivity contribution in [2.45, 2.75) is 19.4 Å².